The van der Waals surface area contributed by atoms with E-state index in [1.807, 2.05) is 0 Å². The molecule has 0 aromatic carbocycles. The maximum absolute atomic E-state index is 10.0. The van der Waals surface area contributed by atoms with Gasteiger partial charge in [-0.25, -0.2) is 0 Å². The molecule has 35 valence electrons. The number of hydrogen-bond acceptors (Lipinski definition) is 1. The van der Waals surface area contributed by atoms with Crippen LogP contribution in [0.25, 0.3) is 0 Å². The molecular formula is C4H8NO. The number of hydrogen-bond donors (Lipinski definition) is 1. The highest BCUT2D eigenvalue weighted by molar-refractivity contribution is 5.75. The van der Waals surface area contributed by atoms with E-state index in [1.165, 1.54) is 0 Å². The van der Waals surface area contributed by atoms with Gasteiger partial charge < -0.3 is 5.32 Å². The third-order valence-corrected chi connectivity index (χ3v) is 0.506. The highest BCUT2D eigenvalue weighted by Crippen LogP contribution is 1.67. The fraction of sp³-hybridized carbons (Fsp3) is 0.500. The fourth-order valence-corrected chi connectivity index (χ4v) is 0.125. The molecule has 0 aliphatic carbocycles. The standard InChI is InChI=1S/C4H8NO/c1-3-4(6)5-2/h1,3H2,2H3,(H,5,6). The molecule has 2 nitrogen and oxygen atoms in total. The van der Waals surface area contributed by atoms with Crippen LogP contribution in [0.2, 0.25) is 0 Å². The predicted octanol–water partition coefficient (Wildman–Crippen LogP) is -0.0434. The average Bonchev–Trinajstić information content (AvgIpc) is 1.65. The molecule has 0 saturated heterocycles. The SMILES string of the molecule is [CH2]CC(=O)NC. The smallest absolute Gasteiger partial charge is 0.219 e. The van der Waals surface area contributed by atoms with E-state index in [0.29, 0.717) is 6.42 Å². The zero-order valence-corrected chi connectivity index (χ0v) is 3.82. The van der Waals surface area contributed by atoms with Crippen LogP contribution in [0.1, 0.15) is 6.42 Å². The first-order valence-corrected chi connectivity index (χ1v) is 1.81. The van der Waals surface area contributed by atoms with Crippen LogP contribution in [0.4, 0.5) is 0 Å². The van der Waals surface area contributed by atoms with Crippen LogP contribution in [-0.2, 0) is 4.79 Å². The van der Waals surface area contributed by atoms with Crippen molar-refractivity contribution in [3.8, 4) is 0 Å². The molecule has 0 aliphatic rings. The number of rotatable bonds is 1. The normalized spacial score (nSPS) is 7.67. The Hall–Kier alpha value is -0.530. The van der Waals surface area contributed by atoms with Crippen molar-refractivity contribution < 1.29 is 4.79 Å². The molecule has 0 aliphatic heterocycles. The largest absolute Gasteiger partial charge is 0.359 e. The first-order chi connectivity index (χ1) is 2.81. The van der Waals surface area contributed by atoms with Gasteiger partial charge in [0.25, 0.3) is 0 Å². The van der Waals surface area contributed by atoms with Crippen LogP contribution in [0.5, 0.6) is 0 Å². The Morgan fingerprint density at radius 2 is 2.50 bits per heavy atom. The van der Waals surface area contributed by atoms with Crippen molar-refractivity contribution in [1.29, 1.82) is 0 Å². The van der Waals surface area contributed by atoms with Crippen LogP contribution in [0.15, 0.2) is 0 Å². The zero-order valence-electron chi connectivity index (χ0n) is 3.82. The minimum atomic E-state index is -0.0185. The Kier molecular flexibility index (Phi) is 2.46. The molecule has 0 atom stereocenters. The molecule has 0 rings (SSSR count). The second kappa shape index (κ2) is 2.69. The molecule has 0 aromatic heterocycles. The monoisotopic (exact) mass is 86.1 g/mol. The lowest BCUT2D eigenvalue weighted by Gasteiger charge is -1.87. The van der Waals surface area contributed by atoms with E-state index in [4.69, 9.17) is 0 Å². The Labute approximate surface area is 37.5 Å². The fourth-order valence-electron chi connectivity index (χ4n) is 0.125. The van der Waals surface area contributed by atoms with Crippen molar-refractivity contribution in [3.63, 3.8) is 0 Å². The molecule has 0 aromatic rings. The zero-order chi connectivity index (χ0) is 4.99. The van der Waals surface area contributed by atoms with Crippen LogP contribution >= 0.6 is 0 Å². The number of carbonyl (C=O) groups is 1. The molecule has 1 N–H and O–H groups in total. The average molecular weight is 86.1 g/mol. The second-order valence-electron chi connectivity index (χ2n) is 0.923. The van der Waals surface area contributed by atoms with E-state index >= 15 is 0 Å². The predicted molar refractivity (Wildman–Crippen MR) is 24.0 cm³/mol. The summed E-state index contributed by atoms with van der Waals surface area (Å²) in [7, 11) is 1.59. The molecule has 1 radical (unpaired) electrons. The Morgan fingerprint density at radius 1 is 2.00 bits per heavy atom. The Bertz CT molecular complexity index is 45.5. The highest BCUT2D eigenvalue weighted by atomic mass is 16.1. The molecule has 0 spiro atoms. The van der Waals surface area contributed by atoms with Gasteiger partial charge in [0.05, 0.1) is 0 Å². The van der Waals surface area contributed by atoms with Crippen LogP contribution in [0.3, 0.4) is 0 Å². The summed E-state index contributed by atoms with van der Waals surface area (Å²) in [5.74, 6) is -0.0185. The van der Waals surface area contributed by atoms with Crippen molar-refractivity contribution in [3.05, 3.63) is 6.92 Å². The molecule has 6 heavy (non-hydrogen) atoms. The lowest BCUT2D eigenvalue weighted by Crippen LogP contribution is -2.15. The van der Waals surface area contributed by atoms with Gasteiger partial charge in [-0.3, -0.25) is 4.79 Å². The summed E-state index contributed by atoms with van der Waals surface area (Å²) in [6.07, 6.45) is 0.330. The molecular weight excluding hydrogens is 78.0 g/mol. The van der Waals surface area contributed by atoms with E-state index in [-0.39, 0.29) is 5.91 Å². The van der Waals surface area contributed by atoms with Gasteiger partial charge in [0, 0.05) is 13.5 Å². The lowest BCUT2D eigenvalue weighted by atomic mass is 10.5. The molecule has 0 bridgehead atoms. The molecule has 0 unspecified atom stereocenters. The first kappa shape index (κ1) is 5.47. The van der Waals surface area contributed by atoms with Crippen molar-refractivity contribution in [1.82, 2.24) is 5.32 Å². The van der Waals surface area contributed by atoms with Gasteiger partial charge >= 0.3 is 0 Å². The van der Waals surface area contributed by atoms with Crippen molar-refractivity contribution in [2.75, 3.05) is 7.05 Å². The van der Waals surface area contributed by atoms with Gasteiger partial charge in [-0.05, 0) is 6.92 Å². The number of amides is 1. The van der Waals surface area contributed by atoms with Crippen molar-refractivity contribution in [2.45, 2.75) is 6.42 Å². The summed E-state index contributed by atoms with van der Waals surface area (Å²) < 4.78 is 0. The van der Waals surface area contributed by atoms with E-state index in [2.05, 4.69) is 12.2 Å². The van der Waals surface area contributed by atoms with Gasteiger partial charge in [-0.15, -0.1) is 0 Å². The van der Waals surface area contributed by atoms with Crippen molar-refractivity contribution in [2.24, 2.45) is 0 Å². The number of carbonyl (C=O) groups excluding carboxylic acids is 1. The maximum Gasteiger partial charge on any atom is 0.219 e. The third kappa shape index (κ3) is 1.76. The number of nitrogens with one attached hydrogen (secondary N) is 1. The summed E-state index contributed by atoms with van der Waals surface area (Å²) in [5.41, 5.74) is 0. The summed E-state index contributed by atoms with van der Waals surface area (Å²) in [4.78, 5) is 10.0. The maximum atomic E-state index is 10.0. The van der Waals surface area contributed by atoms with E-state index < -0.39 is 0 Å². The van der Waals surface area contributed by atoms with Crippen LogP contribution < -0.4 is 5.32 Å². The van der Waals surface area contributed by atoms with E-state index in [9.17, 15) is 4.79 Å². The molecule has 1 amide bonds. The lowest BCUT2D eigenvalue weighted by molar-refractivity contribution is -0.119. The summed E-state index contributed by atoms with van der Waals surface area (Å²) in [6.45, 7) is 3.34. The van der Waals surface area contributed by atoms with Gasteiger partial charge in [0.2, 0.25) is 5.91 Å². The molecule has 0 fully saturated rings. The van der Waals surface area contributed by atoms with E-state index in [0.717, 1.165) is 0 Å². The molecule has 0 heterocycles. The van der Waals surface area contributed by atoms with Gasteiger partial charge in [-0.2, -0.15) is 0 Å². The molecule has 0 saturated carbocycles. The van der Waals surface area contributed by atoms with E-state index in [1.54, 1.807) is 7.05 Å². The summed E-state index contributed by atoms with van der Waals surface area (Å²) in [6, 6.07) is 0. The van der Waals surface area contributed by atoms with Crippen molar-refractivity contribution >= 4 is 5.91 Å². The highest BCUT2D eigenvalue weighted by Gasteiger charge is 1.84. The third-order valence-electron chi connectivity index (χ3n) is 0.506. The topological polar surface area (TPSA) is 29.1 Å². The Balaban J connectivity index is 2.99. The molecule has 2 heteroatoms. The summed E-state index contributed by atoms with van der Waals surface area (Å²) >= 11 is 0. The second-order valence-corrected chi connectivity index (χ2v) is 0.923. The minimum Gasteiger partial charge on any atom is -0.359 e. The van der Waals surface area contributed by atoms with Gasteiger partial charge in [0.15, 0.2) is 0 Å². The van der Waals surface area contributed by atoms with Gasteiger partial charge in [-0.1, -0.05) is 0 Å². The van der Waals surface area contributed by atoms with Gasteiger partial charge in [0.1, 0.15) is 0 Å². The van der Waals surface area contributed by atoms with Crippen LogP contribution in [0, 0.1) is 6.92 Å². The minimum absolute atomic E-state index is 0.0185. The Morgan fingerprint density at radius 3 is 2.50 bits per heavy atom. The van der Waals surface area contributed by atoms with Crippen LogP contribution in [-0.4, -0.2) is 13.0 Å². The summed E-state index contributed by atoms with van der Waals surface area (Å²) in [5, 5.41) is 2.41. The first-order valence-electron chi connectivity index (χ1n) is 1.81. The quantitative estimate of drug-likeness (QED) is 0.476.